The lowest BCUT2D eigenvalue weighted by atomic mass is 10.1. The standard InChI is InChI=1S/C7H13NO3/c9-4-1-5-7(11)6(10)3-8(5)2-4/h4-7,9-11H,1-3H2/p+1/t4-,5-,6-,7-/m1/s1. The quantitative estimate of drug-likeness (QED) is 0.301. The van der Waals surface area contributed by atoms with Gasteiger partial charge in [0.1, 0.15) is 37.4 Å². The molecule has 0 radical (unpaired) electrons. The maximum atomic E-state index is 9.40. The number of quaternary nitrogens is 1. The van der Waals surface area contributed by atoms with Crippen molar-refractivity contribution in [2.75, 3.05) is 13.1 Å². The molecule has 2 heterocycles. The van der Waals surface area contributed by atoms with Crippen LogP contribution < -0.4 is 4.90 Å². The van der Waals surface area contributed by atoms with Crippen LogP contribution >= 0.6 is 0 Å². The first kappa shape index (κ1) is 7.49. The summed E-state index contributed by atoms with van der Waals surface area (Å²) < 4.78 is 0. The summed E-state index contributed by atoms with van der Waals surface area (Å²) in [4.78, 5) is 1.15. The number of rotatable bonds is 0. The molecule has 5 atom stereocenters. The summed E-state index contributed by atoms with van der Waals surface area (Å²) in [5, 5.41) is 27.9. The molecule has 0 spiro atoms. The van der Waals surface area contributed by atoms with E-state index in [0.717, 1.165) is 4.90 Å². The number of hydrogen-bond acceptors (Lipinski definition) is 3. The van der Waals surface area contributed by atoms with Gasteiger partial charge in [0.2, 0.25) is 0 Å². The van der Waals surface area contributed by atoms with Crippen molar-refractivity contribution in [1.29, 1.82) is 0 Å². The normalized spacial score (nSPS) is 56.5. The molecule has 2 aliphatic heterocycles. The average molecular weight is 160 g/mol. The highest BCUT2D eigenvalue weighted by atomic mass is 16.3. The van der Waals surface area contributed by atoms with Crippen molar-refractivity contribution in [3.8, 4) is 0 Å². The van der Waals surface area contributed by atoms with Gasteiger partial charge in [-0.05, 0) is 0 Å². The molecule has 64 valence electrons. The van der Waals surface area contributed by atoms with Gasteiger partial charge in [0.05, 0.1) is 0 Å². The van der Waals surface area contributed by atoms with Gasteiger partial charge in [-0.3, -0.25) is 0 Å². The molecule has 0 saturated carbocycles. The molecule has 4 nitrogen and oxygen atoms in total. The first-order valence-corrected chi connectivity index (χ1v) is 4.07. The van der Waals surface area contributed by atoms with E-state index in [1.807, 2.05) is 0 Å². The average Bonchev–Trinajstić information content (AvgIpc) is 2.37. The van der Waals surface area contributed by atoms with E-state index < -0.39 is 12.2 Å². The predicted molar refractivity (Wildman–Crippen MR) is 37.1 cm³/mol. The zero-order valence-electron chi connectivity index (χ0n) is 6.27. The molecule has 11 heavy (non-hydrogen) atoms. The van der Waals surface area contributed by atoms with Crippen molar-refractivity contribution >= 4 is 0 Å². The van der Waals surface area contributed by atoms with Crippen LogP contribution in [-0.2, 0) is 0 Å². The summed E-state index contributed by atoms with van der Waals surface area (Å²) in [7, 11) is 0. The number of nitrogens with one attached hydrogen (secondary N) is 1. The molecule has 0 aromatic carbocycles. The van der Waals surface area contributed by atoms with Gasteiger partial charge in [0.15, 0.2) is 0 Å². The highest BCUT2D eigenvalue weighted by molar-refractivity contribution is 4.86. The number of aliphatic hydroxyl groups excluding tert-OH is 3. The molecule has 2 fully saturated rings. The fraction of sp³-hybridized carbons (Fsp3) is 1.00. The molecule has 4 N–H and O–H groups in total. The third-order valence-electron chi connectivity index (χ3n) is 2.83. The van der Waals surface area contributed by atoms with E-state index in [4.69, 9.17) is 0 Å². The monoisotopic (exact) mass is 160 g/mol. The van der Waals surface area contributed by atoms with Crippen LogP contribution in [0.15, 0.2) is 0 Å². The molecule has 4 heteroatoms. The van der Waals surface area contributed by atoms with Gasteiger partial charge in [-0.25, -0.2) is 0 Å². The molecular weight excluding hydrogens is 146 g/mol. The largest absolute Gasteiger partial charge is 0.387 e. The van der Waals surface area contributed by atoms with Crippen molar-refractivity contribution in [2.45, 2.75) is 30.8 Å². The SMILES string of the molecule is O[C@@H]1C[C@@H]2[C@@H](O)[C@H](O)C[NH+]2C1. The van der Waals surface area contributed by atoms with E-state index in [-0.39, 0.29) is 12.1 Å². The molecule has 0 bridgehead atoms. The van der Waals surface area contributed by atoms with Gasteiger partial charge < -0.3 is 20.2 Å². The fourth-order valence-corrected chi connectivity index (χ4v) is 2.27. The Bertz CT molecular complexity index is 164. The van der Waals surface area contributed by atoms with E-state index in [1.165, 1.54) is 0 Å². The molecule has 2 rings (SSSR count). The minimum Gasteiger partial charge on any atom is -0.387 e. The number of hydrogen-bond donors (Lipinski definition) is 4. The minimum atomic E-state index is -0.623. The highest BCUT2D eigenvalue weighted by Crippen LogP contribution is 2.13. The lowest BCUT2D eigenvalue weighted by Crippen LogP contribution is -3.12. The van der Waals surface area contributed by atoms with Gasteiger partial charge in [-0.2, -0.15) is 0 Å². The third-order valence-corrected chi connectivity index (χ3v) is 2.83. The molecular formula is C7H14NO3+. The van der Waals surface area contributed by atoms with Gasteiger partial charge in [-0.1, -0.05) is 0 Å². The Morgan fingerprint density at radius 3 is 2.45 bits per heavy atom. The van der Waals surface area contributed by atoms with Crippen LogP contribution in [0.2, 0.25) is 0 Å². The summed E-state index contributed by atoms with van der Waals surface area (Å²) in [6, 6.07) is 0.0694. The topological polar surface area (TPSA) is 65.1 Å². The molecule has 2 saturated heterocycles. The van der Waals surface area contributed by atoms with Gasteiger partial charge in [-0.15, -0.1) is 0 Å². The number of aliphatic hydroxyl groups is 3. The lowest BCUT2D eigenvalue weighted by molar-refractivity contribution is -0.902. The summed E-state index contributed by atoms with van der Waals surface area (Å²) in [6.07, 6.45) is -0.852. The Labute approximate surface area is 65.1 Å². The highest BCUT2D eigenvalue weighted by Gasteiger charge is 2.49. The fourth-order valence-electron chi connectivity index (χ4n) is 2.27. The summed E-state index contributed by atoms with van der Waals surface area (Å²) >= 11 is 0. The van der Waals surface area contributed by atoms with Crippen LogP contribution in [0.25, 0.3) is 0 Å². The Balaban J connectivity index is 2.07. The minimum absolute atomic E-state index is 0.0694. The van der Waals surface area contributed by atoms with Crippen molar-refractivity contribution in [3.63, 3.8) is 0 Å². The second-order valence-corrected chi connectivity index (χ2v) is 3.62. The van der Waals surface area contributed by atoms with Crippen LogP contribution in [0, 0.1) is 0 Å². The van der Waals surface area contributed by atoms with Gasteiger partial charge in [0.25, 0.3) is 0 Å². The van der Waals surface area contributed by atoms with Gasteiger partial charge in [0, 0.05) is 6.42 Å². The zero-order chi connectivity index (χ0) is 8.01. The summed E-state index contributed by atoms with van der Waals surface area (Å²) in [5.41, 5.74) is 0. The summed E-state index contributed by atoms with van der Waals surface area (Å²) in [6.45, 7) is 1.27. The van der Waals surface area contributed by atoms with Crippen molar-refractivity contribution in [3.05, 3.63) is 0 Å². The second kappa shape index (κ2) is 2.42. The molecule has 0 aromatic rings. The van der Waals surface area contributed by atoms with E-state index >= 15 is 0 Å². The molecule has 0 amide bonds. The zero-order valence-corrected chi connectivity index (χ0v) is 6.27. The van der Waals surface area contributed by atoms with Crippen LogP contribution in [0.1, 0.15) is 6.42 Å². The third kappa shape index (κ3) is 1.06. The molecule has 0 aromatic heterocycles. The van der Waals surface area contributed by atoms with Crippen LogP contribution in [0.3, 0.4) is 0 Å². The van der Waals surface area contributed by atoms with Crippen molar-refractivity contribution < 1.29 is 20.2 Å². The Kier molecular flexibility index (Phi) is 1.64. The molecule has 2 aliphatic rings. The first-order chi connectivity index (χ1) is 5.18. The Morgan fingerprint density at radius 2 is 1.82 bits per heavy atom. The van der Waals surface area contributed by atoms with E-state index in [0.29, 0.717) is 19.5 Å². The van der Waals surface area contributed by atoms with E-state index in [2.05, 4.69) is 0 Å². The second-order valence-electron chi connectivity index (χ2n) is 3.62. The number of fused-ring (bicyclic) bond motifs is 1. The summed E-state index contributed by atoms with van der Waals surface area (Å²) in [5.74, 6) is 0. The first-order valence-electron chi connectivity index (χ1n) is 4.07. The Morgan fingerprint density at radius 1 is 1.09 bits per heavy atom. The molecule has 1 unspecified atom stereocenters. The van der Waals surface area contributed by atoms with Crippen LogP contribution in [0.5, 0.6) is 0 Å². The van der Waals surface area contributed by atoms with Crippen LogP contribution in [0.4, 0.5) is 0 Å². The van der Waals surface area contributed by atoms with Crippen molar-refractivity contribution in [1.82, 2.24) is 0 Å². The van der Waals surface area contributed by atoms with Crippen LogP contribution in [-0.4, -0.2) is 52.8 Å². The van der Waals surface area contributed by atoms with E-state index in [1.54, 1.807) is 0 Å². The Hall–Kier alpha value is -0.160. The smallest absolute Gasteiger partial charge is 0.137 e. The maximum absolute atomic E-state index is 9.40. The van der Waals surface area contributed by atoms with E-state index in [9.17, 15) is 15.3 Å². The lowest BCUT2D eigenvalue weighted by Gasteiger charge is -2.11. The van der Waals surface area contributed by atoms with Crippen molar-refractivity contribution in [2.24, 2.45) is 0 Å². The molecule has 0 aliphatic carbocycles. The maximum Gasteiger partial charge on any atom is 0.137 e. The van der Waals surface area contributed by atoms with Gasteiger partial charge >= 0.3 is 0 Å². The predicted octanol–water partition coefficient (Wildman–Crippen LogP) is -3.26.